The molecule has 3 aromatic rings. The number of Topliss-reactive ketones (excluding diaryl/α,β-unsaturated/α-hetero) is 1. The number of nitrogens with zero attached hydrogens (tertiary/aromatic N) is 2. The zero-order valence-corrected chi connectivity index (χ0v) is 11.8. The van der Waals surface area contributed by atoms with E-state index in [2.05, 4.69) is 9.97 Å². The predicted octanol–water partition coefficient (Wildman–Crippen LogP) is 3.01. The van der Waals surface area contributed by atoms with E-state index in [0.29, 0.717) is 11.4 Å². The first kappa shape index (κ1) is 12.7. The van der Waals surface area contributed by atoms with Crippen LogP contribution < -0.4 is 5.73 Å². The van der Waals surface area contributed by atoms with E-state index in [1.165, 1.54) is 11.3 Å². The van der Waals surface area contributed by atoms with E-state index in [4.69, 9.17) is 5.73 Å². The summed E-state index contributed by atoms with van der Waals surface area (Å²) < 4.78 is 0. The van der Waals surface area contributed by atoms with Crippen molar-refractivity contribution in [1.82, 2.24) is 9.97 Å². The number of nitrogen functional groups attached to an aromatic ring is 1. The Kier molecular flexibility index (Phi) is 3.20. The molecule has 2 heterocycles. The Balaban J connectivity index is 1.95. The molecule has 0 unspecified atom stereocenters. The zero-order valence-electron chi connectivity index (χ0n) is 11.0. The number of pyridine rings is 1. The van der Waals surface area contributed by atoms with Crippen LogP contribution in [0.25, 0.3) is 10.9 Å². The maximum Gasteiger partial charge on any atom is 0.187 e. The lowest BCUT2D eigenvalue weighted by Crippen LogP contribution is -2.07. The standard InChI is InChI=1S/C15H13N3OS/c1-9-17-10(8-20-9)6-15(19)14-7-12(16)11-4-2-3-5-13(11)18-14/h2-5,7-8H,6H2,1H3,(H2,16,18). The lowest BCUT2D eigenvalue weighted by atomic mass is 10.1. The Morgan fingerprint density at radius 1 is 1.30 bits per heavy atom. The van der Waals surface area contributed by atoms with Gasteiger partial charge in [-0.25, -0.2) is 9.97 Å². The number of thiazole rings is 1. The SMILES string of the molecule is Cc1nc(CC(=O)c2cc(N)c3ccccc3n2)cs1. The highest BCUT2D eigenvalue weighted by Gasteiger charge is 2.13. The van der Waals surface area contributed by atoms with Gasteiger partial charge in [0.1, 0.15) is 5.69 Å². The van der Waals surface area contributed by atoms with Gasteiger partial charge in [-0.05, 0) is 19.1 Å². The third-order valence-corrected chi connectivity index (χ3v) is 3.86. The van der Waals surface area contributed by atoms with Gasteiger partial charge in [-0.1, -0.05) is 18.2 Å². The fraction of sp³-hybridized carbons (Fsp3) is 0.133. The van der Waals surface area contributed by atoms with Crippen molar-refractivity contribution in [3.63, 3.8) is 0 Å². The maximum atomic E-state index is 12.3. The van der Waals surface area contributed by atoms with Crippen molar-refractivity contribution < 1.29 is 4.79 Å². The Morgan fingerprint density at radius 3 is 2.85 bits per heavy atom. The van der Waals surface area contributed by atoms with E-state index in [1.54, 1.807) is 6.07 Å². The summed E-state index contributed by atoms with van der Waals surface area (Å²) in [6.07, 6.45) is 0.259. The Morgan fingerprint density at radius 2 is 2.10 bits per heavy atom. The van der Waals surface area contributed by atoms with Crippen LogP contribution in [0, 0.1) is 6.92 Å². The molecule has 2 N–H and O–H groups in total. The van der Waals surface area contributed by atoms with E-state index in [-0.39, 0.29) is 12.2 Å². The monoisotopic (exact) mass is 283 g/mol. The molecule has 0 saturated heterocycles. The molecule has 20 heavy (non-hydrogen) atoms. The van der Waals surface area contributed by atoms with Crippen LogP contribution in [0.5, 0.6) is 0 Å². The van der Waals surface area contributed by atoms with Gasteiger partial charge in [0, 0.05) is 16.5 Å². The molecule has 0 amide bonds. The first-order chi connectivity index (χ1) is 9.63. The molecule has 0 fully saturated rings. The highest BCUT2D eigenvalue weighted by atomic mass is 32.1. The van der Waals surface area contributed by atoms with Crippen LogP contribution in [-0.2, 0) is 6.42 Å². The van der Waals surface area contributed by atoms with Gasteiger partial charge in [0.25, 0.3) is 0 Å². The largest absolute Gasteiger partial charge is 0.398 e. The second kappa shape index (κ2) is 5.02. The minimum absolute atomic E-state index is 0.0623. The molecule has 0 atom stereocenters. The number of hydrogen-bond donors (Lipinski definition) is 1. The average Bonchev–Trinajstić information content (AvgIpc) is 2.84. The summed E-state index contributed by atoms with van der Waals surface area (Å²) in [5.74, 6) is -0.0623. The summed E-state index contributed by atoms with van der Waals surface area (Å²) >= 11 is 1.54. The van der Waals surface area contributed by atoms with Crippen LogP contribution in [0.1, 0.15) is 21.2 Å². The number of carbonyl (C=O) groups excluding carboxylic acids is 1. The number of fused-ring (bicyclic) bond motifs is 1. The van der Waals surface area contributed by atoms with E-state index < -0.39 is 0 Å². The number of hydrogen-bond acceptors (Lipinski definition) is 5. The molecule has 0 aliphatic rings. The molecule has 5 heteroatoms. The van der Waals surface area contributed by atoms with Gasteiger partial charge in [-0.2, -0.15) is 0 Å². The van der Waals surface area contributed by atoms with E-state index in [0.717, 1.165) is 21.6 Å². The first-order valence-corrected chi connectivity index (χ1v) is 7.11. The third-order valence-electron chi connectivity index (χ3n) is 3.04. The Labute approximate surface area is 120 Å². The summed E-state index contributed by atoms with van der Waals surface area (Å²) in [5.41, 5.74) is 8.48. The van der Waals surface area contributed by atoms with Crippen LogP contribution in [0.15, 0.2) is 35.7 Å². The molecule has 100 valence electrons. The molecule has 0 spiro atoms. The number of aromatic nitrogens is 2. The van der Waals surface area contributed by atoms with Crippen molar-refractivity contribution >= 4 is 33.7 Å². The summed E-state index contributed by atoms with van der Waals surface area (Å²) in [6.45, 7) is 1.92. The van der Waals surface area contributed by atoms with Crippen LogP contribution in [0.2, 0.25) is 0 Å². The number of carbonyl (C=O) groups is 1. The number of nitrogens with two attached hydrogens (primary N) is 1. The smallest absolute Gasteiger partial charge is 0.187 e. The fourth-order valence-electron chi connectivity index (χ4n) is 2.09. The van der Waals surface area contributed by atoms with Crippen LogP contribution in [0.3, 0.4) is 0 Å². The minimum Gasteiger partial charge on any atom is -0.398 e. The lowest BCUT2D eigenvalue weighted by molar-refractivity contribution is 0.0987. The van der Waals surface area contributed by atoms with Crippen LogP contribution in [-0.4, -0.2) is 15.8 Å². The normalized spacial score (nSPS) is 10.8. The van der Waals surface area contributed by atoms with Gasteiger partial charge in [-0.3, -0.25) is 4.79 Å². The second-order valence-corrected chi connectivity index (χ2v) is 5.63. The highest BCUT2D eigenvalue weighted by molar-refractivity contribution is 7.09. The zero-order chi connectivity index (χ0) is 14.1. The Bertz CT molecular complexity index is 795. The van der Waals surface area contributed by atoms with Crippen LogP contribution in [0.4, 0.5) is 5.69 Å². The molecule has 4 nitrogen and oxygen atoms in total. The molecule has 0 aliphatic carbocycles. The molecule has 2 aromatic heterocycles. The molecule has 0 saturated carbocycles. The Hall–Kier alpha value is -2.27. The van der Waals surface area contributed by atoms with Crippen molar-refractivity contribution in [3.8, 4) is 0 Å². The van der Waals surface area contributed by atoms with Gasteiger partial charge in [0.2, 0.25) is 0 Å². The van der Waals surface area contributed by atoms with Gasteiger partial charge in [-0.15, -0.1) is 11.3 Å². The first-order valence-electron chi connectivity index (χ1n) is 6.23. The topological polar surface area (TPSA) is 68.9 Å². The molecule has 0 aliphatic heterocycles. The fourth-order valence-corrected chi connectivity index (χ4v) is 2.70. The van der Waals surface area contributed by atoms with Crippen molar-refractivity contribution in [2.45, 2.75) is 13.3 Å². The second-order valence-electron chi connectivity index (χ2n) is 4.57. The lowest BCUT2D eigenvalue weighted by Gasteiger charge is -2.05. The molecular weight excluding hydrogens is 270 g/mol. The van der Waals surface area contributed by atoms with E-state index in [9.17, 15) is 4.79 Å². The molecule has 0 radical (unpaired) electrons. The number of anilines is 1. The number of aryl methyl sites for hydroxylation is 1. The predicted molar refractivity (Wildman–Crippen MR) is 81.0 cm³/mol. The summed E-state index contributed by atoms with van der Waals surface area (Å²) in [5, 5.41) is 3.73. The van der Waals surface area contributed by atoms with E-state index >= 15 is 0 Å². The molecule has 0 bridgehead atoms. The van der Waals surface area contributed by atoms with Crippen molar-refractivity contribution in [2.75, 3.05) is 5.73 Å². The van der Waals surface area contributed by atoms with Crippen LogP contribution >= 0.6 is 11.3 Å². The number of ketones is 1. The minimum atomic E-state index is -0.0623. The molecule has 3 rings (SSSR count). The van der Waals surface area contributed by atoms with Gasteiger partial charge < -0.3 is 5.73 Å². The van der Waals surface area contributed by atoms with Crippen molar-refractivity contribution in [1.29, 1.82) is 0 Å². The summed E-state index contributed by atoms with van der Waals surface area (Å²) in [4.78, 5) is 21.0. The molecule has 1 aromatic carbocycles. The quantitative estimate of drug-likeness (QED) is 0.750. The van der Waals surface area contributed by atoms with E-state index in [1.807, 2.05) is 36.6 Å². The summed E-state index contributed by atoms with van der Waals surface area (Å²) in [7, 11) is 0. The number of benzene rings is 1. The van der Waals surface area contributed by atoms with Gasteiger partial charge in [0.15, 0.2) is 5.78 Å². The summed E-state index contributed by atoms with van der Waals surface area (Å²) in [6, 6.07) is 9.18. The number of rotatable bonds is 3. The van der Waals surface area contributed by atoms with Crippen molar-refractivity contribution in [3.05, 3.63) is 52.1 Å². The van der Waals surface area contributed by atoms with Crippen molar-refractivity contribution in [2.24, 2.45) is 0 Å². The average molecular weight is 283 g/mol. The third kappa shape index (κ3) is 2.40. The van der Waals surface area contributed by atoms with Gasteiger partial charge in [0.05, 0.1) is 22.6 Å². The maximum absolute atomic E-state index is 12.3. The molecular formula is C15H13N3OS. The number of para-hydroxylation sites is 1. The highest BCUT2D eigenvalue weighted by Crippen LogP contribution is 2.21. The van der Waals surface area contributed by atoms with Gasteiger partial charge >= 0.3 is 0 Å².